The topological polar surface area (TPSA) is 149 Å². The van der Waals surface area contributed by atoms with Crippen LogP contribution < -0.4 is 11.2 Å². The van der Waals surface area contributed by atoms with Gasteiger partial charge in [0.2, 0.25) is 0 Å². The molecule has 3 N–H and O–H groups in total. The van der Waals surface area contributed by atoms with Gasteiger partial charge in [0.25, 0.3) is 0 Å². The van der Waals surface area contributed by atoms with Gasteiger partial charge in [0.05, 0.1) is 0 Å². The Hall–Kier alpha value is -1.62. The van der Waals surface area contributed by atoms with Crippen molar-refractivity contribution in [2.75, 3.05) is 13.2 Å². The molecule has 3 heterocycles. The molecule has 0 saturated carbocycles. The Morgan fingerprint density at radius 1 is 1.48 bits per heavy atom. The van der Waals surface area contributed by atoms with Crippen molar-refractivity contribution in [1.82, 2.24) is 9.55 Å². The van der Waals surface area contributed by atoms with Crippen molar-refractivity contribution < 1.29 is 33.1 Å². The Morgan fingerprint density at radius 3 is 2.93 bits per heavy atom. The van der Waals surface area contributed by atoms with Gasteiger partial charge in [-0.15, -0.1) is 0 Å². The molecule has 0 bridgehead atoms. The molecule has 2 aliphatic rings. The summed E-state index contributed by atoms with van der Waals surface area (Å²) in [5.74, 6) is -1.57. The zero-order valence-corrected chi connectivity index (χ0v) is 15.9. The second-order valence-electron chi connectivity index (χ2n) is 6.71. The van der Waals surface area contributed by atoms with Crippen LogP contribution in [-0.2, 0) is 23.1 Å². The van der Waals surface area contributed by atoms with Gasteiger partial charge >= 0.3 is 154 Å². The fourth-order valence-corrected chi connectivity index (χ4v) is 4.52. The molecule has 0 aliphatic carbocycles. The first-order valence-electron chi connectivity index (χ1n) is 8.57. The predicted octanol–water partition coefficient (Wildman–Crippen LogP) is 0.0775. The average molecular weight is 406 g/mol. The van der Waals surface area contributed by atoms with Crippen molar-refractivity contribution in [3.05, 3.63) is 32.6 Å². The fraction of sp³-hybridized carbons (Fsp3) is 0.667. The van der Waals surface area contributed by atoms with E-state index in [1.165, 1.54) is 17.7 Å². The summed E-state index contributed by atoms with van der Waals surface area (Å²) < 4.78 is 23.2. The number of H-pyrrole nitrogens is 1. The van der Waals surface area contributed by atoms with Gasteiger partial charge in [-0.2, -0.15) is 0 Å². The first-order valence-corrected chi connectivity index (χ1v) is 10.2. The molecule has 1 aromatic rings. The van der Waals surface area contributed by atoms with Crippen molar-refractivity contribution >= 4 is 14.1 Å². The van der Waals surface area contributed by atoms with E-state index in [-0.39, 0.29) is 26.1 Å². The molecule has 0 spiro atoms. The van der Waals surface area contributed by atoms with Crippen LogP contribution in [0.1, 0.15) is 31.6 Å². The van der Waals surface area contributed by atoms with Crippen LogP contribution in [0.3, 0.4) is 0 Å². The number of hydrogen-bond donors (Lipinski definition) is 3. The van der Waals surface area contributed by atoms with E-state index in [1.54, 1.807) is 6.92 Å². The van der Waals surface area contributed by atoms with Crippen LogP contribution in [0.15, 0.2) is 15.8 Å². The third-order valence-electron chi connectivity index (χ3n) is 4.62. The van der Waals surface area contributed by atoms with Gasteiger partial charge < -0.3 is 0 Å². The molecule has 2 saturated heterocycles. The summed E-state index contributed by atoms with van der Waals surface area (Å²) in [7, 11) is -3.91. The molecule has 12 heteroatoms. The number of ether oxygens (including phenoxy) is 1. The minimum atomic E-state index is -3.91. The van der Waals surface area contributed by atoms with Crippen LogP contribution in [0, 0.1) is 12.8 Å². The maximum absolute atomic E-state index is 12.0. The fourth-order valence-electron chi connectivity index (χ4n) is 2.92. The number of rotatable bonds is 6. The van der Waals surface area contributed by atoms with Gasteiger partial charge in [-0.05, 0) is 0 Å². The third-order valence-corrected chi connectivity index (χ3v) is 6.32. The van der Waals surface area contributed by atoms with Crippen LogP contribution in [0.25, 0.3) is 0 Å². The number of aryl methyl sites for hydroxylation is 1. The molecule has 2 aliphatic heterocycles. The Bertz CT molecular complexity index is 824. The van der Waals surface area contributed by atoms with Crippen molar-refractivity contribution in [3.63, 3.8) is 0 Å². The van der Waals surface area contributed by atoms with Gasteiger partial charge in [-0.3, -0.25) is 0 Å². The van der Waals surface area contributed by atoms with Gasteiger partial charge in [-0.1, -0.05) is 0 Å². The first-order chi connectivity index (χ1) is 12.7. The molecule has 0 aromatic carbocycles. The number of carbonyl (C=O) groups is 1. The van der Waals surface area contributed by atoms with Crippen LogP contribution in [-0.4, -0.2) is 50.9 Å². The molecule has 0 radical (unpaired) electrons. The molecule has 2 fully saturated rings. The number of fused-ring (bicyclic) bond motifs is 1. The molecule has 3 rings (SSSR count). The van der Waals surface area contributed by atoms with E-state index in [0.29, 0.717) is 5.56 Å². The van der Waals surface area contributed by atoms with Crippen LogP contribution in [0.4, 0.5) is 0 Å². The van der Waals surface area contributed by atoms with Gasteiger partial charge in [0.15, 0.2) is 0 Å². The van der Waals surface area contributed by atoms with Crippen LogP contribution >= 0.6 is 8.17 Å². The summed E-state index contributed by atoms with van der Waals surface area (Å²) in [6, 6.07) is 0. The Balaban J connectivity index is 1.62. The zero-order valence-electron chi connectivity index (χ0n) is 14.9. The molecule has 1 aromatic heterocycles. The number of aromatic nitrogens is 2. The van der Waals surface area contributed by atoms with Crippen molar-refractivity contribution in [1.29, 1.82) is 0 Å². The maximum atomic E-state index is 12.0. The van der Waals surface area contributed by atoms with Gasteiger partial charge in [0.1, 0.15) is 0 Å². The number of carboxylic acids is 1. The number of nitrogens with zero attached hydrogens (tertiary/aromatic N) is 1. The summed E-state index contributed by atoms with van der Waals surface area (Å²) in [5, 5.41) is 8.87. The molecule has 4 atom stereocenters. The van der Waals surface area contributed by atoms with Crippen molar-refractivity contribution in [2.24, 2.45) is 5.92 Å². The second kappa shape index (κ2) is 7.78. The van der Waals surface area contributed by atoms with E-state index in [4.69, 9.17) is 23.4 Å². The van der Waals surface area contributed by atoms with E-state index in [0.717, 1.165) is 0 Å². The van der Waals surface area contributed by atoms with Crippen LogP contribution in [0.5, 0.6) is 0 Å². The Morgan fingerprint density at radius 2 is 2.22 bits per heavy atom. The van der Waals surface area contributed by atoms with E-state index in [9.17, 15) is 19.3 Å². The molecular formula is C15H23N2O9P. The van der Waals surface area contributed by atoms with Gasteiger partial charge in [0, 0.05) is 0 Å². The van der Waals surface area contributed by atoms with Gasteiger partial charge in [-0.25, -0.2) is 0 Å². The number of carboxylic acid groups (broad SMARTS) is 1. The summed E-state index contributed by atoms with van der Waals surface area (Å²) >= 11 is 0. The minimum absolute atomic E-state index is 0.0174. The zero-order chi connectivity index (χ0) is 19.8. The predicted molar refractivity (Wildman–Crippen MR) is 93.3 cm³/mol. The number of nitrogens with one attached hydrogen (secondary N) is 1. The molecule has 0 unspecified atom stereocenters. The standard InChI is InChI=1S/C15H23N2O9P/c1-8(14(19)20)3-4-23-27(22)24-7-11-10(26-27)5-12(25-11)17-6-9(2)13(18)16-15(17)21/h6,8,10-12,22,27H,3-5,7H2,1-2H3,(H,19,20)(H,16,18,21)/t8-,10+,11-,12-/m0/s1. The molecule has 11 nitrogen and oxygen atoms in total. The number of hydrogen-bond acceptors (Lipinski definition) is 8. The van der Waals surface area contributed by atoms with E-state index >= 15 is 0 Å². The monoisotopic (exact) mass is 406 g/mol. The van der Waals surface area contributed by atoms with E-state index in [1.807, 2.05) is 0 Å². The first kappa shape index (κ1) is 20.1. The molecule has 152 valence electrons. The Labute approximate surface area is 154 Å². The molecular weight excluding hydrogens is 383 g/mol. The summed E-state index contributed by atoms with van der Waals surface area (Å²) in [4.78, 5) is 47.0. The summed E-state index contributed by atoms with van der Waals surface area (Å²) in [5.41, 5.74) is -0.689. The average Bonchev–Trinajstić information content (AvgIpc) is 3.00. The molecule has 27 heavy (non-hydrogen) atoms. The Kier molecular flexibility index (Phi) is 5.80. The number of aromatic amines is 1. The van der Waals surface area contributed by atoms with Crippen LogP contribution in [0.2, 0.25) is 0 Å². The quantitative estimate of drug-likeness (QED) is 0.558. The summed E-state index contributed by atoms with van der Waals surface area (Å²) in [6.07, 6.45) is 0.174. The second-order valence-corrected chi connectivity index (χ2v) is 8.57. The SMILES string of the molecule is Cc1cn([C@@H]2C[C@H]3O[PH](O)(OCC[C@H](C)C(=O)O)OC[C@@H]3O2)c(=O)[nH]c1=O. The van der Waals surface area contributed by atoms with Crippen molar-refractivity contribution in [2.45, 2.75) is 45.1 Å². The van der Waals surface area contributed by atoms with E-state index in [2.05, 4.69) is 4.98 Å². The molecule has 0 amide bonds. The normalized spacial score (nSPS) is 29.1. The number of aliphatic carboxylic acids is 1. The summed E-state index contributed by atoms with van der Waals surface area (Å²) in [6.45, 7) is 3.12. The van der Waals surface area contributed by atoms with E-state index < -0.39 is 49.7 Å². The third kappa shape index (κ3) is 4.45. The van der Waals surface area contributed by atoms with Crippen molar-refractivity contribution in [3.8, 4) is 0 Å².